The Bertz CT molecular complexity index is 4730. The van der Waals surface area contributed by atoms with Crippen LogP contribution in [0.5, 0.6) is 0 Å². The third-order valence-electron chi connectivity index (χ3n) is 35.7. The van der Waals surface area contributed by atoms with Crippen molar-refractivity contribution in [2.45, 2.75) is 375 Å². The molecule has 3 aromatic heterocycles. The molecule has 21 rings (SSSR count). The van der Waals surface area contributed by atoms with E-state index in [2.05, 4.69) is 134 Å². The third kappa shape index (κ3) is 21.5. The first-order valence-corrected chi connectivity index (χ1v) is 56.6. The Morgan fingerprint density at radius 3 is 1.05 bits per heavy atom. The van der Waals surface area contributed by atoms with Gasteiger partial charge in [0.25, 0.3) is 0 Å². The van der Waals surface area contributed by atoms with Crippen molar-refractivity contribution in [3.63, 3.8) is 0 Å². The molecule has 9 aliphatic heterocycles. The molecule has 12 heterocycles. The minimum atomic E-state index is -3.13. The van der Waals surface area contributed by atoms with Gasteiger partial charge in [-0.25, -0.2) is 36.5 Å². The molecule has 15 aliphatic rings. The molecular formula is C105H162N14O5S2. The highest BCUT2D eigenvalue weighted by molar-refractivity contribution is 7.90. The number of fused-ring (bicyclic) bond motifs is 15. The lowest BCUT2D eigenvalue weighted by atomic mass is 9.73. The number of hydrogen-bond donors (Lipinski definition) is 1. The van der Waals surface area contributed by atoms with Crippen LogP contribution in [0.2, 0.25) is 0 Å². The number of sulfonamides is 1. The summed E-state index contributed by atoms with van der Waals surface area (Å²) in [5.41, 5.74) is 7.51. The van der Waals surface area contributed by atoms with Crippen molar-refractivity contribution >= 4 is 58.9 Å². The summed E-state index contributed by atoms with van der Waals surface area (Å²) in [6.07, 6.45) is 63.8. The first-order chi connectivity index (χ1) is 61.4. The van der Waals surface area contributed by atoms with Crippen molar-refractivity contribution in [3.8, 4) is 0 Å². The molecule has 15 fully saturated rings. The number of rotatable bonds is 24. The Hall–Kier alpha value is -4.84. The topological polar surface area (TPSA) is 174 Å². The van der Waals surface area contributed by atoms with Gasteiger partial charge < -0.3 is 28.4 Å². The Labute approximate surface area is 759 Å². The van der Waals surface area contributed by atoms with E-state index in [-0.39, 0.29) is 5.91 Å². The molecule has 6 saturated carbocycles. The van der Waals surface area contributed by atoms with Gasteiger partial charge in [-0.15, -0.1) is 0 Å². The first kappa shape index (κ1) is 90.3. The summed E-state index contributed by atoms with van der Waals surface area (Å²) in [7, 11) is -6.01. The van der Waals surface area contributed by atoms with Crippen molar-refractivity contribution in [2.75, 3.05) is 96.8 Å². The lowest BCUT2D eigenvalue weighted by Crippen LogP contribution is -2.58. The normalized spacial score (nSPS) is 34.6. The molecule has 0 radical (unpaired) electrons. The van der Waals surface area contributed by atoms with Crippen molar-refractivity contribution in [1.82, 2.24) is 67.7 Å². The average Bonchev–Trinajstić information content (AvgIpc) is 1.51. The predicted molar refractivity (Wildman–Crippen MR) is 512 cm³/mol. The highest BCUT2D eigenvalue weighted by Gasteiger charge is 2.50. The van der Waals surface area contributed by atoms with E-state index in [4.69, 9.17) is 15.0 Å². The molecule has 21 atom stereocenters. The van der Waals surface area contributed by atoms with E-state index in [1.807, 2.05) is 4.90 Å². The van der Waals surface area contributed by atoms with E-state index in [1.165, 1.54) is 309 Å². The van der Waals surface area contributed by atoms with Crippen LogP contribution < -0.4 is 4.72 Å². The summed E-state index contributed by atoms with van der Waals surface area (Å²) in [4.78, 5) is 47.4. The van der Waals surface area contributed by atoms with E-state index >= 15 is 0 Å². The van der Waals surface area contributed by atoms with Crippen LogP contribution in [0.25, 0.3) is 33.1 Å². The number of nitrogens with one attached hydrogen (secondary N) is 1. The van der Waals surface area contributed by atoms with Gasteiger partial charge in [0, 0.05) is 144 Å². The Balaban J connectivity index is 0.000000123. The molecule has 19 nitrogen and oxygen atoms in total. The van der Waals surface area contributed by atoms with Gasteiger partial charge in [-0.1, -0.05) is 133 Å². The molecule has 9 saturated heterocycles. The molecule has 694 valence electrons. The summed E-state index contributed by atoms with van der Waals surface area (Å²) in [6.45, 7) is 14.8. The monoisotopic (exact) mass is 1760 g/mol. The van der Waals surface area contributed by atoms with E-state index < -0.39 is 19.9 Å². The van der Waals surface area contributed by atoms with E-state index in [1.54, 1.807) is 0 Å². The third-order valence-corrected chi connectivity index (χ3v) is 37.4. The number of sulfone groups is 1. The quantitative estimate of drug-likeness (QED) is 0.0606. The lowest BCUT2D eigenvalue weighted by Gasteiger charge is -2.54. The van der Waals surface area contributed by atoms with E-state index in [9.17, 15) is 21.6 Å². The Morgan fingerprint density at radius 2 is 0.698 bits per heavy atom. The fourth-order valence-electron chi connectivity index (χ4n) is 30.7. The molecule has 3 aromatic carbocycles. The number of amides is 1. The van der Waals surface area contributed by atoms with E-state index in [0.29, 0.717) is 54.7 Å². The maximum absolute atomic E-state index is 12.9. The molecule has 1 N–H and O–H groups in total. The summed E-state index contributed by atoms with van der Waals surface area (Å²) >= 11 is 0. The Kier molecular flexibility index (Phi) is 29.3. The van der Waals surface area contributed by atoms with Crippen molar-refractivity contribution in [1.29, 1.82) is 0 Å². The fourth-order valence-corrected chi connectivity index (χ4v) is 31.8. The fraction of sp³-hybridized carbons (Fsp3) is 0.790. The molecule has 21 heteroatoms. The van der Waals surface area contributed by atoms with Crippen LogP contribution in [0.3, 0.4) is 0 Å². The van der Waals surface area contributed by atoms with Gasteiger partial charge in [-0.3, -0.25) is 24.4 Å². The number of likely N-dealkylation sites (tertiary alicyclic amines) is 3. The van der Waals surface area contributed by atoms with Gasteiger partial charge in [-0.05, 0) is 303 Å². The number of likely N-dealkylation sites (N-methyl/N-ethyl adjacent to an activating group) is 1. The summed E-state index contributed by atoms with van der Waals surface area (Å²) in [6, 6.07) is 35.2. The van der Waals surface area contributed by atoms with Gasteiger partial charge in [0.05, 0.1) is 51.7 Å². The molecule has 12 bridgehead atoms. The summed E-state index contributed by atoms with van der Waals surface area (Å²) < 4.78 is 57.1. The molecule has 6 aromatic rings. The van der Waals surface area contributed by atoms with Crippen LogP contribution in [0.4, 0.5) is 0 Å². The van der Waals surface area contributed by atoms with Crippen molar-refractivity contribution in [2.24, 2.45) is 53.3 Å². The second-order valence-corrected chi connectivity index (χ2v) is 48.7. The highest BCUT2D eigenvalue weighted by Crippen LogP contribution is 2.53. The van der Waals surface area contributed by atoms with Gasteiger partial charge in [0.15, 0.2) is 0 Å². The SMILES string of the molecule is CCN(CC)C(=O)CN1CCC[C@@H](Cc2nc3ccccc3n2C2C[C@H]3CCC[C@@H](C2)N3C2C[C@H]3CCCC[C@@H](C2)C3)C1.CS(=O)(=O)CCCN1CCC[C@@H](Cc2nc3ccccc3n2C2C[C@H]3CCC[C@@H](C2)N3C2C[C@H]3CCCC[C@@H](C2)C3)C1.CS(=O)(=O)NCCN1CC[C@@H](Cc2nc3ccccc3n2C2C[C@H]3CCC[C@@H](C2)N3C2C[C@H]3CCCC[C@@H](C2)C3)C1. The van der Waals surface area contributed by atoms with Gasteiger partial charge in [0.1, 0.15) is 27.3 Å². The number of carbonyl (C=O) groups excluding carboxylic acids is 1. The standard InChI is InChI=1S/C37H57N5O.C35H54N4O2S.C33H51N5O2S/c1-3-40(4-2)37(43)26-39-18-10-13-29(25-39)22-36-38-34-16-7-8-17-35(34)42(36)33-23-30-14-9-15-31(24-33)41(30)32-20-27-11-5-6-12-28(19-27)21-32;1-42(40,41)18-8-17-37-16-7-11-28(25-37)22-35-36-33-14-4-5-15-34(33)39(35)32-23-29-12-6-13-30(24-32)38(29)31-20-26-9-2-3-10-27(19-26)21-31;1-41(39,40)34-14-16-36-15-13-26(23-36)20-33-35-31-11-4-5-12-32(31)38(33)30-21-27-9-6-10-28(22-30)37(27)29-18-24-7-2-3-8-25(17-24)19-29/h7-8,16-17,27-33H,3-6,9-15,18-26H2,1-2H3;4-5,14-15,26-32H,2-3,6-13,16-25H2,1H3;4-5,11-12,24-30,34H,2-3,6-10,13-23H2,1H3/t27-,28+,29-,30-,31+,32?,33?;26-,27+,28-,29-,30+,31?,32?;24-,25+,26-,27-,28+,29?,30?/m000/s1. The minimum absolute atomic E-state index is 0.286. The number of piperidine rings is 8. The zero-order valence-corrected chi connectivity index (χ0v) is 79.9. The average molecular weight is 1760 g/mol. The number of hydrogen-bond acceptors (Lipinski definition) is 14. The highest BCUT2D eigenvalue weighted by atomic mass is 32.2. The van der Waals surface area contributed by atoms with Crippen LogP contribution >= 0.6 is 0 Å². The van der Waals surface area contributed by atoms with Crippen LogP contribution in [0.1, 0.15) is 319 Å². The minimum Gasteiger partial charge on any atom is -0.342 e. The molecule has 6 aliphatic carbocycles. The number of aromatic nitrogens is 6. The van der Waals surface area contributed by atoms with Crippen molar-refractivity contribution in [3.05, 3.63) is 90.3 Å². The molecule has 126 heavy (non-hydrogen) atoms. The second kappa shape index (κ2) is 40.9. The van der Waals surface area contributed by atoms with Crippen LogP contribution in [0, 0.1) is 53.3 Å². The number of carbonyl (C=O) groups is 1. The zero-order chi connectivity index (χ0) is 86.0. The summed E-state index contributed by atoms with van der Waals surface area (Å²) in [5.74, 6) is 12.1. The molecule has 1 amide bonds. The van der Waals surface area contributed by atoms with Crippen LogP contribution in [0.15, 0.2) is 72.8 Å². The van der Waals surface area contributed by atoms with Gasteiger partial charge in [-0.2, -0.15) is 0 Å². The Morgan fingerprint density at radius 1 is 0.365 bits per heavy atom. The van der Waals surface area contributed by atoms with Gasteiger partial charge in [0.2, 0.25) is 15.9 Å². The maximum Gasteiger partial charge on any atom is 0.236 e. The zero-order valence-electron chi connectivity index (χ0n) is 78.2. The largest absolute Gasteiger partial charge is 0.342 e. The number of para-hydroxylation sites is 6. The molecule has 0 spiro atoms. The maximum atomic E-state index is 12.9. The predicted octanol–water partition coefficient (Wildman–Crippen LogP) is 19.1. The second-order valence-electron chi connectivity index (χ2n) is 44.6. The molecular weight excluding hydrogens is 1600 g/mol. The smallest absolute Gasteiger partial charge is 0.236 e. The summed E-state index contributed by atoms with van der Waals surface area (Å²) in [5, 5.41) is 0. The van der Waals surface area contributed by atoms with Crippen molar-refractivity contribution < 1.29 is 21.6 Å². The first-order valence-electron chi connectivity index (χ1n) is 52.6. The number of nitrogens with zero attached hydrogens (tertiary/aromatic N) is 13. The number of imidazole rings is 3. The lowest BCUT2D eigenvalue weighted by molar-refractivity contribution is -0.132. The molecule has 6 unspecified atom stereocenters. The van der Waals surface area contributed by atoms with Crippen LogP contribution in [-0.2, 0) is 43.9 Å². The van der Waals surface area contributed by atoms with E-state index in [0.717, 1.165) is 198 Å². The van der Waals surface area contributed by atoms with Crippen LogP contribution in [-0.4, -0.2) is 237 Å². The van der Waals surface area contributed by atoms with Gasteiger partial charge >= 0.3 is 0 Å². The number of benzene rings is 3.